The van der Waals surface area contributed by atoms with E-state index in [0.29, 0.717) is 56.9 Å². The maximum Gasteiger partial charge on any atom is 0.243 e. The third kappa shape index (κ3) is 3.74. The fraction of sp³-hybridized carbons (Fsp3) is 0.588. The molecule has 1 N–H and O–H groups in total. The smallest absolute Gasteiger partial charge is 0.243 e. The summed E-state index contributed by atoms with van der Waals surface area (Å²) in [6, 6.07) is 5.35. The van der Waals surface area contributed by atoms with Crippen LogP contribution in [-0.2, 0) is 10.0 Å². The summed E-state index contributed by atoms with van der Waals surface area (Å²) in [5, 5.41) is 4.04. The Morgan fingerprint density at radius 1 is 1.08 bits per heavy atom. The quantitative estimate of drug-likeness (QED) is 0.768. The summed E-state index contributed by atoms with van der Waals surface area (Å²) < 4.78 is 38.7. The Morgan fingerprint density at radius 2 is 1.77 bits per heavy atom. The number of fused-ring (bicyclic) bond motifs is 1. The maximum atomic E-state index is 13.0. The van der Waals surface area contributed by atoms with Gasteiger partial charge in [-0.1, -0.05) is 0 Å². The standard InChI is InChI=1S/C17H23N3O4S2/c21-26(22,14-4-5-15-16(12-14)24-11-1-10-23-15)20-8-6-19(7-9-20)17(25)18-13-2-3-13/h4-5,12-13H,1-3,6-11H2,(H,18,25). The summed E-state index contributed by atoms with van der Waals surface area (Å²) in [5.41, 5.74) is 0. The van der Waals surface area contributed by atoms with Crippen LogP contribution in [0.1, 0.15) is 19.3 Å². The lowest BCUT2D eigenvalue weighted by molar-refractivity contribution is 0.263. The lowest BCUT2D eigenvalue weighted by Gasteiger charge is -2.35. The topological polar surface area (TPSA) is 71.1 Å². The second kappa shape index (κ2) is 7.21. The molecule has 0 unspecified atom stereocenters. The second-order valence-corrected chi connectivity index (χ2v) is 9.10. The summed E-state index contributed by atoms with van der Waals surface area (Å²) in [7, 11) is -3.56. The van der Waals surface area contributed by atoms with Crippen molar-refractivity contribution in [2.75, 3.05) is 39.4 Å². The van der Waals surface area contributed by atoms with Gasteiger partial charge in [0.1, 0.15) is 0 Å². The van der Waals surface area contributed by atoms with Gasteiger partial charge in [-0.15, -0.1) is 0 Å². The van der Waals surface area contributed by atoms with Crippen molar-refractivity contribution in [3.8, 4) is 11.5 Å². The minimum absolute atomic E-state index is 0.244. The molecule has 0 amide bonds. The maximum absolute atomic E-state index is 13.0. The van der Waals surface area contributed by atoms with E-state index in [-0.39, 0.29) is 4.90 Å². The average molecular weight is 398 g/mol. The molecule has 1 aromatic rings. The van der Waals surface area contributed by atoms with Gasteiger partial charge in [0.05, 0.1) is 18.1 Å². The van der Waals surface area contributed by atoms with Crippen LogP contribution in [0.3, 0.4) is 0 Å². The van der Waals surface area contributed by atoms with E-state index in [9.17, 15) is 8.42 Å². The highest BCUT2D eigenvalue weighted by atomic mass is 32.2. The molecule has 1 aliphatic carbocycles. The predicted molar refractivity (Wildman–Crippen MR) is 101 cm³/mol. The van der Waals surface area contributed by atoms with Crippen LogP contribution >= 0.6 is 12.2 Å². The van der Waals surface area contributed by atoms with Crippen molar-refractivity contribution in [3.63, 3.8) is 0 Å². The molecule has 9 heteroatoms. The van der Waals surface area contributed by atoms with Gasteiger partial charge in [0.25, 0.3) is 0 Å². The Balaban J connectivity index is 1.44. The minimum Gasteiger partial charge on any atom is -0.490 e. The van der Waals surface area contributed by atoms with E-state index in [1.165, 1.54) is 17.1 Å². The van der Waals surface area contributed by atoms with E-state index in [4.69, 9.17) is 21.7 Å². The molecule has 2 heterocycles. The first-order valence-corrected chi connectivity index (χ1v) is 10.8. The van der Waals surface area contributed by atoms with Crippen LogP contribution in [-0.4, -0.2) is 68.2 Å². The van der Waals surface area contributed by atoms with Gasteiger partial charge < -0.3 is 19.7 Å². The van der Waals surface area contributed by atoms with E-state index in [1.54, 1.807) is 18.2 Å². The molecule has 3 aliphatic rings. The number of rotatable bonds is 3. The van der Waals surface area contributed by atoms with Gasteiger partial charge in [-0.25, -0.2) is 8.42 Å². The van der Waals surface area contributed by atoms with Crippen molar-refractivity contribution < 1.29 is 17.9 Å². The molecular weight excluding hydrogens is 374 g/mol. The molecular formula is C17H23N3O4S2. The van der Waals surface area contributed by atoms with Gasteiger partial charge in [-0.05, 0) is 37.2 Å². The minimum atomic E-state index is -3.56. The van der Waals surface area contributed by atoms with E-state index in [2.05, 4.69) is 5.32 Å². The summed E-state index contributed by atoms with van der Waals surface area (Å²) in [6.45, 7) is 3.15. The van der Waals surface area contributed by atoms with Crippen molar-refractivity contribution in [1.29, 1.82) is 0 Å². The largest absolute Gasteiger partial charge is 0.490 e. The van der Waals surface area contributed by atoms with Crippen molar-refractivity contribution in [2.45, 2.75) is 30.2 Å². The fourth-order valence-corrected chi connectivity index (χ4v) is 4.87. The Hall–Kier alpha value is -1.58. The van der Waals surface area contributed by atoms with Crippen molar-refractivity contribution in [3.05, 3.63) is 18.2 Å². The number of nitrogens with one attached hydrogen (secondary N) is 1. The number of thiocarbonyl (C=S) groups is 1. The average Bonchev–Trinajstić information content (AvgIpc) is 3.47. The van der Waals surface area contributed by atoms with Crippen LogP contribution in [0.4, 0.5) is 0 Å². The molecule has 1 aromatic carbocycles. The SMILES string of the molecule is O=S(=O)(c1ccc2c(c1)OCCCO2)N1CCN(C(=S)NC2CC2)CC1. The first-order chi connectivity index (χ1) is 12.5. The van der Waals surface area contributed by atoms with Gasteiger partial charge in [0, 0.05) is 44.7 Å². The molecule has 2 fully saturated rings. The van der Waals surface area contributed by atoms with Crippen LogP contribution in [0.2, 0.25) is 0 Å². The second-order valence-electron chi connectivity index (χ2n) is 6.77. The highest BCUT2D eigenvalue weighted by Crippen LogP contribution is 2.33. The third-order valence-electron chi connectivity index (χ3n) is 4.79. The van der Waals surface area contributed by atoms with Crippen molar-refractivity contribution in [2.24, 2.45) is 0 Å². The van der Waals surface area contributed by atoms with Crippen molar-refractivity contribution in [1.82, 2.24) is 14.5 Å². The van der Waals surface area contributed by atoms with Crippen molar-refractivity contribution >= 4 is 27.4 Å². The summed E-state index contributed by atoms with van der Waals surface area (Å²) in [4.78, 5) is 2.29. The number of hydrogen-bond donors (Lipinski definition) is 1. The van der Waals surface area contributed by atoms with Gasteiger partial charge >= 0.3 is 0 Å². The van der Waals surface area contributed by atoms with E-state index in [1.807, 2.05) is 4.90 Å². The van der Waals surface area contributed by atoms with E-state index >= 15 is 0 Å². The van der Waals surface area contributed by atoms with Crippen LogP contribution in [0.5, 0.6) is 11.5 Å². The van der Waals surface area contributed by atoms with Crippen LogP contribution in [0, 0.1) is 0 Å². The zero-order valence-corrected chi connectivity index (χ0v) is 16.2. The number of ether oxygens (including phenoxy) is 2. The third-order valence-corrected chi connectivity index (χ3v) is 7.06. The first kappa shape index (κ1) is 17.8. The van der Waals surface area contributed by atoms with Crippen LogP contribution < -0.4 is 14.8 Å². The molecule has 0 atom stereocenters. The molecule has 0 bridgehead atoms. The zero-order valence-electron chi connectivity index (χ0n) is 14.5. The van der Waals surface area contributed by atoms with Crippen LogP contribution in [0.15, 0.2) is 23.1 Å². The molecule has 2 aliphatic heterocycles. The zero-order chi connectivity index (χ0) is 18.1. The molecule has 26 heavy (non-hydrogen) atoms. The first-order valence-electron chi connectivity index (χ1n) is 8.99. The lowest BCUT2D eigenvalue weighted by Crippen LogP contribution is -2.53. The highest BCUT2D eigenvalue weighted by molar-refractivity contribution is 7.89. The molecule has 4 rings (SSSR count). The monoisotopic (exact) mass is 397 g/mol. The molecule has 1 saturated carbocycles. The van der Waals surface area contributed by atoms with Gasteiger partial charge in [0.15, 0.2) is 16.6 Å². The number of hydrogen-bond acceptors (Lipinski definition) is 5. The Bertz CT molecular complexity index is 787. The molecule has 1 saturated heterocycles. The highest BCUT2D eigenvalue weighted by Gasteiger charge is 2.31. The number of sulfonamides is 1. The van der Waals surface area contributed by atoms with Gasteiger partial charge in [-0.3, -0.25) is 0 Å². The molecule has 7 nitrogen and oxygen atoms in total. The molecule has 0 spiro atoms. The molecule has 0 radical (unpaired) electrons. The van der Waals surface area contributed by atoms with Gasteiger partial charge in [0.2, 0.25) is 10.0 Å². The van der Waals surface area contributed by atoms with E-state index in [0.717, 1.165) is 11.5 Å². The molecule has 142 valence electrons. The normalized spacial score (nSPS) is 21.2. The number of piperazine rings is 1. The lowest BCUT2D eigenvalue weighted by atomic mass is 10.3. The number of nitrogens with zero attached hydrogens (tertiary/aromatic N) is 2. The molecule has 0 aromatic heterocycles. The Morgan fingerprint density at radius 3 is 2.46 bits per heavy atom. The Labute approximate surface area is 159 Å². The summed E-state index contributed by atoms with van der Waals surface area (Å²) in [5.74, 6) is 1.10. The van der Waals surface area contributed by atoms with E-state index < -0.39 is 10.0 Å². The summed E-state index contributed by atoms with van der Waals surface area (Å²) >= 11 is 5.41. The van der Waals surface area contributed by atoms with Gasteiger partial charge in [-0.2, -0.15) is 4.31 Å². The summed E-state index contributed by atoms with van der Waals surface area (Å²) in [6.07, 6.45) is 3.12. The van der Waals surface area contributed by atoms with Crippen LogP contribution in [0.25, 0.3) is 0 Å². The number of benzene rings is 1. The predicted octanol–water partition coefficient (Wildman–Crippen LogP) is 1.19. The fourth-order valence-electron chi connectivity index (χ4n) is 3.08. The Kier molecular flexibility index (Phi) is 4.94.